The molecule has 3 nitrogen and oxygen atoms in total. The van der Waals surface area contributed by atoms with Crippen molar-refractivity contribution >= 4 is 22.4 Å². The number of fused-ring (bicyclic) bond motifs is 1. The van der Waals surface area contributed by atoms with E-state index < -0.39 is 5.92 Å². The first-order valence-electron chi connectivity index (χ1n) is 5.40. The highest BCUT2D eigenvalue weighted by Gasteiger charge is 2.12. The van der Waals surface area contributed by atoms with Crippen LogP contribution in [-0.4, -0.2) is 5.91 Å². The molecule has 1 unspecified atom stereocenters. The van der Waals surface area contributed by atoms with Gasteiger partial charge in [0.25, 0.3) is 0 Å². The number of rotatable bonds is 2. The van der Waals surface area contributed by atoms with E-state index in [1.165, 1.54) is 0 Å². The van der Waals surface area contributed by atoms with Crippen LogP contribution in [0.1, 0.15) is 6.92 Å². The van der Waals surface area contributed by atoms with Crippen LogP contribution in [-0.2, 0) is 4.79 Å². The Kier molecular flexibility index (Phi) is 3.06. The normalized spacial score (nSPS) is 11.8. The molecule has 0 aliphatic heterocycles. The Bertz CT molecular complexity index is 593. The van der Waals surface area contributed by atoms with Crippen LogP contribution in [0.15, 0.2) is 42.5 Å². The first-order chi connectivity index (χ1) is 8.22. The highest BCUT2D eigenvalue weighted by molar-refractivity contribution is 6.03. The Morgan fingerprint density at radius 3 is 2.71 bits per heavy atom. The van der Waals surface area contributed by atoms with Crippen molar-refractivity contribution in [3.63, 3.8) is 0 Å². The molecule has 0 aliphatic rings. The third-order valence-corrected chi connectivity index (χ3v) is 2.63. The number of nitriles is 1. The van der Waals surface area contributed by atoms with Gasteiger partial charge in [-0.15, -0.1) is 0 Å². The average Bonchev–Trinajstić information content (AvgIpc) is 2.38. The van der Waals surface area contributed by atoms with Crippen LogP contribution in [0.5, 0.6) is 0 Å². The molecule has 2 rings (SSSR count). The summed E-state index contributed by atoms with van der Waals surface area (Å²) in [4.78, 5) is 11.7. The molecule has 1 atom stereocenters. The van der Waals surface area contributed by atoms with Gasteiger partial charge in [-0.1, -0.05) is 36.4 Å². The van der Waals surface area contributed by atoms with Crippen LogP contribution in [0, 0.1) is 17.2 Å². The molecule has 17 heavy (non-hydrogen) atoms. The third kappa shape index (κ3) is 2.26. The summed E-state index contributed by atoms with van der Waals surface area (Å²) in [6.07, 6.45) is 0. The molecule has 0 aromatic heterocycles. The molecule has 1 N–H and O–H groups in total. The van der Waals surface area contributed by atoms with Gasteiger partial charge in [-0.05, 0) is 18.4 Å². The number of anilines is 1. The quantitative estimate of drug-likeness (QED) is 0.852. The van der Waals surface area contributed by atoms with Crippen LogP contribution in [0.25, 0.3) is 10.8 Å². The van der Waals surface area contributed by atoms with Crippen LogP contribution < -0.4 is 5.32 Å². The minimum atomic E-state index is -0.644. The molecular weight excluding hydrogens is 212 g/mol. The van der Waals surface area contributed by atoms with Gasteiger partial charge in [-0.3, -0.25) is 4.79 Å². The molecule has 3 heteroatoms. The summed E-state index contributed by atoms with van der Waals surface area (Å²) >= 11 is 0. The molecule has 0 fully saturated rings. The zero-order chi connectivity index (χ0) is 12.3. The lowest BCUT2D eigenvalue weighted by Gasteiger charge is -2.09. The van der Waals surface area contributed by atoms with E-state index in [1.54, 1.807) is 6.92 Å². The summed E-state index contributed by atoms with van der Waals surface area (Å²) in [6, 6.07) is 15.4. The lowest BCUT2D eigenvalue weighted by molar-refractivity contribution is -0.117. The molecule has 0 saturated heterocycles. The van der Waals surface area contributed by atoms with Gasteiger partial charge in [-0.25, -0.2) is 0 Å². The van der Waals surface area contributed by atoms with Crippen molar-refractivity contribution in [3.8, 4) is 6.07 Å². The summed E-state index contributed by atoms with van der Waals surface area (Å²) in [5, 5.41) is 13.5. The van der Waals surface area contributed by atoms with Gasteiger partial charge >= 0.3 is 0 Å². The van der Waals surface area contributed by atoms with Crippen molar-refractivity contribution in [1.29, 1.82) is 5.26 Å². The van der Waals surface area contributed by atoms with E-state index >= 15 is 0 Å². The number of carbonyl (C=O) groups excluding carboxylic acids is 1. The maximum Gasteiger partial charge on any atom is 0.241 e. The molecule has 0 heterocycles. The number of carbonyl (C=O) groups is 1. The largest absolute Gasteiger partial charge is 0.324 e. The van der Waals surface area contributed by atoms with Crippen molar-refractivity contribution in [2.75, 3.05) is 5.32 Å². The highest BCUT2D eigenvalue weighted by atomic mass is 16.1. The Balaban J connectivity index is 2.37. The SMILES string of the molecule is CC(C#N)C(=O)Nc1cccc2ccccc12. The fraction of sp³-hybridized carbons (Fsp3) is 0.143. The maximum atomic E-state index is 11.7. The van der Waals surface area contributed by atoms with E-state index in [0.717, 1.165) is 16.5 Å². The Hall–Kier alpha value is -2.34. The minimum Gasteiger partial charge on any atom is -0.324 e. The predicted molar refractivity (Wildman–Crippen MR) is 67.4 cm³/mol. The summed E-state index contributed by atoms with van der Waals surface area (Å²) in [7, 11) is 0. The van der Waals surface area contributed by atoms with E-state index in [1.807, 2.05) is 48.5 Å². The number of hydrogen-bond donors (Lipinski definition) is 1. The van der Waals surface area contributed by atoms with Crippen molar-refractivity contribution in [2.45, 2.75) is 6.92 Å². The number of hydrogen-bond acceptors (Lipinski definition) is 2. The zero-order valence-corrected chi connectivity index (χ0v) is 9.47. The van der Waals surface area contributed by atoms with E-state index in [9.17, 15) is 4.79 Å². The topological polar surface area (TPSA) is 52.9 Å². The second kappa shape index (κ2) is 4.67. The van der Waals surface area contributed by atoms with Gasteiger partial charge in [0.1, 0.15) is 5.92 Å². The molecule has 0 bridgehead atoms. The summed E-state index contributed by atoms with van der Waals surface area (Å²) in [5.41, 5.74) is 0.746. The molecule has 1 amide bonds. The van der Waals surface area contributed by atoms with Gasteiger partial charge < -0.3 is 5.32 Å². The van der Waals surface area contributed by atoms with E-state index in [0.29, 0.717) is 0 Å². The molecule has 0 radical (unpaired) electrons. The summed E-state index contributed by atoms with van der Waals surface area (Å²) in [6.45, 7) is 1.58. The average molecular weight is 224 g/mol. The second-order valence-electron chi connectivity index (χ2n) is 3.87. The standard InChI is InChI=1S/C14H12N2O/c1-10(9-15)14(17)16-13-8-4-6-11-5-2-3-7-12(11)13/h2-8,10H,1H3,(H,16,17). The monoisotopic (exact) mass is 224 g/mol. The fourth-order valence-corrected chi connectivity index (χ4v) is 1.63. The van der Waals surface area contributed by atoms with Crippen LogP contribution in [0.3, 0.4) is 0 Å². The number of amides is 1. The van der Waals surface area contributed by atoms with Crippen LogP contribution >= 0.6 is 0 Å². The van der Waals surface area contributed by atoms with E-state index in [2.05, 4.69) is 5.32 Å². The number of nitrogens with one attached hydrogen (secondary N) is 1. The Morgan fingerprint density at radius 1 is 1.24 bits per heavy atom. The molecule has 2 aromatic rings. The minimum absolute atomic E-state index is 0.274. The molecule has 0 spiro atoms. The van der Waals surface area contributed by atoms with Gasteiger partial charge in [-0.2, -0.15) is 5.26 Å². The van der Waals surface area contributed by atoms with Crippen molar-refractivity contribution in [2.24, 2.45) is 5.92 Å². The number of nitrogens with zero attached hydrogens (tertiary/aromatic N) is 1. The second-order valence-corrected chi connectivity index (χ2v) is 3.87. The van der Waals surface area contributed by atoms with Crippen LogP contribution in [0.2, 0.25) is 0 Å². The van der Waals surface area contributed by atoms with Gasteiger partial charge in [0.05, 0.1) is 6.07 Å². The van der Waals surface area contributed by atoms with Crippen molar-refractivity contribution in [3.05, 3.63) is 42.5 Å². The lowest BCUT2D eigenvalue weighted by Crippen LogP contribution is -2.19. The molecule has 84 valence electrons. The predicted octanol–water partition coefficient (Wildman–Crippen LogP) is 2.94. The smallest absolute Gasteiger partial charge is 0.241 e. The highest BCUT2D eigenvalue weighted by Crippen LogP contribution is 2.23. The molecule has 2 aromatic carbocycles. The van der Waals surface area contributed by atoms with E-state index in [4.69, 9.17) is 5.26 Å². The molecule has 0 aliphatic carbocycles. The third-order valence-electron chi connectivity index (χ3n) is 2.63. The summed E-state index contributed by atoms with van der Waals surface area (Å²) < 4.78 is 0. The molecule has 0 saturated carbocycles. The van der Waals surface area contributed by atoms with Gasteiger partial charge in [0, 0.05) is 11.1 Å². The Morgan fingerprint density at radius 2 is 1.94 bits per heavy atom. The van der Waals surface area contributed by atoms with Gasteiger partial charge in [0.15, 0.2) is 0 Å². The molecular formula is C14H12N2O. The van der Waals surface area contributed by atoms with Crippen molar-refractivity contribution in [1.82, 2.24) is 0 Å². The lowest BCUT2D eigenvalue weighted by atomic mass is 10.1. The zero-order valence-electron chi connectivity index (χ0n) is 9.47. The maximum absolute atomic E-state index is 11.7. The van der Waals surface area contributed by atoms with Crippen molar-refractivity contribution < 1.29 is 4.79 Å². The Labute approximate surface area is 99.7 Å². The number of benzene rings is 2. The fourth-order valence-electron chi connectivity index (χ4n) is 1.63. The van der Waals surface area contributed by atoms with Crippen LogP contribution in [0.4, 0.5) is 5.69 Å². The van der Waals surface area contributed by atoms with E-state index in [-0.39, 0.29) is 5.91 Å². The first kappa shape index (κ1) is 11.2. The summed E-state index contributed by atoms with van der Waals surface area (Å²) in [5.74, 6) is -0.919. The van der Waals surface area contributed by atoms with Gasteiger partial charge in [0.2, 0.25) is 5.91 Å². The first-order valence-corrected chi connectivity index (χ1v) is 5.40.